The number of anilines is 3. The number of hydrogen-bond donors (Lipinski definition) is 2. The third-order valence-electron chi connectivity index (χ3n) is 3.13. The zero-order valence-corrected chi connectivity index (χ0v) is 12.1. The second-order valence-electron chi connectivity index (χ2n) is 4.64. The number of piperazine rings is 1. The van der Waals surface area contributed by atoms with Crippen molar-refractivity contribution >= 4 is 28.1 Å². The number of thiazole rings is 1. The molecule has 0 bridgehead atoms. The Hall–Kier alpha value is -1.77. The fourth-order valence-corrected chi connectivity index (χ4v) is 2.66. The molecule has 0 saturated carbocycles. The Balaban J connectivity index is 1.79. The zero-order valence-electron chi connectivity index (χ0n) is 11.3. The van der Waals surface area contributed by atoms with Gasteiger partial charge in [-0.2, -0.15) is 0 Å². The van der Waals surface area contributed by atoms with Gasteiger partial charge in [-0.25, -0.2) is 20.0 Å². The van der Waals surface area contributed by atoms with Crippen molar-refractivity contribution in [1.29, 1.82) is 0 Å². The van der Waals surface area contributed by atoms with Gasteiger partial charge in [-0.1, -0.05) is 0 Å². The van der Waals surface area contributed by atoms with Crippen LogP contribution >= 0.6 is 11.3 Å². The van der Waals surface area contributed by atoms with Crippen LogP contribution in [0, 0.1) is 6.92 Å². The Bertz CT molecular complexity index is 563. The predicted octanol–water partition coefficient (Wildman–Crippen LogP) is 0.981. The van der Waals surface area contributed by atoms with Gasteiger partial charge >= 0.3 is 0 Å². The molecule has 0 aromatic carbocycles. The Morgan fingerprint density at radius 2 is 2.05 bits per heavy atom. The van der Waals surface area contributed by atoms with E-state index in [2.05, 4.69) is 25.2 Å². The van der Waals surface area contributed by atoms with E-state index in [1.807, 2.05) is 23.4 Å². The number of nitrogens with two attached hydrogens (primary N) is 1. The minimum absolute atomic E-state index is 0.747. The minimum atomic E-state index is 0.747. The number of hydrogen-bond acceptors (Lipinski definition) is 8. The van der Waals surface area contributed by atoms with Crippen molar-refractivity contribution in [3.63, 3.8) is 0 Å². The highest BCUT2D eigenvalue weighted by Gasteiger charge is 2.17. The third kappa shape index (κ3) is 3.03. The lowest BCUT2D eigenvalue weighted by Gasteiger charge is -2.32. The molecule has 3 heterocycles. The molecule has 20 heavy (non-hydrogen) atoms. The van der Waals surface area contributed by atoms with E-state index in [9.17, 15) is 0 Å². The largest absolute Gasteiger partial charge is 0.354 e. The van der Waals surface area contributed by atoms with E-state index >= 15 is 0 Å². The van der Waals surface area contributed by atoms with E-state index in [0.29, 0.717) is 0 Å². The Labute approximate surface area is 121 Å². The summed E-state index contributed by atoms with van der Waals surface area (Å²) in [4.78, 5) is 15.3. The summed E-state index contributed by atoms with van der Waals surface area (Å²) in [6.07, 6.45) is 1.77. The summed E-state index contributed by atoms with van der Waals surface area (Å²) in [7, 11) is 0. The average molecular weight is 291 g/mol. The maximum absolute atomic E-state index is 5.78. The van der Waals surface area contributed by atoms with Crippen LogP contribution in [0.1, 0.15) is 5.82 Å². The lowest BCUT2D eigenvalue weighted by Crippen LogP contribution is -2.49. The molecule has 0 atom stereocenters. The number of nitrogens with one attached hydrogen (secondary N) is 1. The van der Waals surface area contributed by atoms with Gasteiger partial charge in [0.1, 0.15) is 17.5 Å². The fraction of sp³-hybridized carbons (Fsp3) is 0.417. The monoisotopic (exact) mass is 291 g/mol. The first-order chi connectivity index (χ1) is 9.70. The Morgan fingerprint density at radius 1 is 1.25 bits per heavy atom. The van der Waals surface area contributed by atoms with Crippen LogP contribution in [0.4, 0.5) is 16.8 Å². The SMILES string of the molecule is Cc1nc(Nc2nccs2)cc(N2CCN(N)CC2)n1. The fourth-order valence-electron chi connectivity index (χ4n) is 2.12. The van der Waals surface area contributed by atoms with Gasteiger partial charge < -0.3 is 10.2 Å². The van der Waals surface area contributed by atoms with E-state index in [1.165, 1.54) is 0 Å². The van der Waals surface area contributed by atoms with Crippen LogP contribution in [0.5, 0.6) is 0 Å². The molecule has 0 amide bonds. The van der Waals surface area contributed by atoms with Crippen molar-refractivity contribution in [2.45, 2.75) is 6.92 Å². The van der Waals surface area contributed by atoms with Crippen molar-refractivity contribution in [3.05, 3.63) is 23.5 Å². The summed E-state index contributed by atoms with van der Waals surface area (Å²) >= 11 is 1.55. The first-order valence-corrected chi connectivity index (χ1v) is 7.35. The summed E-state index contributed by atoms with van der Waals surface area (Å²) in [6, 6.07) is 1.96. The maximum atomic E-state index is 5.78. The number of aryl methyl sites for hydroxylation is 1. The van der Waals surface area contributed by atoms with E-state index in [4.69, 9.17) is 5.84 Å². The molecule has 0 spiro atoms. The minimum Gasteiger partial charge on any atom is -0.354 e. The van der Waals surface area contributed by atoms with Crippen LogP contribution in [-0.2, 0) is 0 Å². The van der Waals surface area contributed by atoms with Gasteiger partial charge in [0.25, 0.3) is 0 Å². The predicted molar refractivity (Wildman–Crippen MR) is 80.1 cm³/mol. The summed E-state index contributed by atoms with van der Waals surface area (Å²) in [5.74, 6) is 8.24. The van der Waals surface area contributed by atoms with Gasteiger partial charge in [0.05, 0.1) is 0 Å². The topological polar surface area (TPSA) is 83.2 Å². The number of rotatable bonds is 3. The molecule has 1 saturated heterocycles. The second-order valence-corrected chi connectivity index (χ2v) is 5.54. The molecule has 2 aromatic heterocycles. The first kappa shape index (κ1) is 13.2. The molecular formula is C12H17N7S. The van der Waals surface area contributed by atoms with Crippen molar-refractivity contribution in [3.8, 4) is 0 Å². The average Bonchev–Trinajstić information content (AvgIpc) is 2.91. The third-order valence-corrected chi connectivity index (χ3v) is 3.82. The molecule has 1 fully saturated rings. The van der Waals surface area contributed by atoms with E-state index in [1.54, 1.807) is 17.5 Å². The Kier molecular flexibility index (Phi) is 3.77. The summed E-state index contributed by atoms with van der Waals surface area (Å²) in [5, 5.41) is 7.80. The quantitative estimate of drug-likeness (QED) is 0.816. The van der Waals surface area contributed by atoms with Crippen molar-refractivity contribution in [2.24, 2.45) is 5.84 Å². The smallest absolute Gasteiger partial charge is 0.188 e. The van der Waals surface area contributed by atoms with Gasteiger partial charge in [0, 0.05) is 43.8 Å². The van der Waals surface area contributed by atoms with Crippen molar-refractivity contribution in [1.82, 2.24) is 20.0 Å². The molecule has 8 heteroatoms. The molecule has 2 aromatic rings. The number of aromatic nitrogens is 3. The van der Waals surface area contributed by atoms with Crippen LogP contribution in [0.25, 0.3) is 0 Å². The molecule has 106 valence electrons. The summed E-state index contributed by atoms with van der Waals surface area (Å²) < 4.78 is 0. The van der Waals surface area contributed by atoms with Gasteiger partial charge in [0.2, 0.25) is 0 Å². The molecule has 0 radical (unpaired) electrons. The van der Waals surface area contributed by atoms with Gasteiger partial charge in [-0.15, -0.1) is 11.3 Å². The normalized spacial score (nSPS) is 16.4. The maximum Gasteiger partial charge on any atom is 0.188 e. The van der Waals surface area contributed by atoms with Crippen molar-refractivity contribution in [2.75, 3.05) is 36.4 Å². The Morgan fingerprint density at radius 3 is 2.75 bits per heavy atom. The molecule has 0 aliphatic carbocycles. The van der Waals surface area contributed by atoms with Crippen molar-refractivity contribution < 1.29 is 0 Å². The first-order valence-electron chi connectivity index (χ1n) is 6.47. The van der Waals surface area contributed by atoms with Crippen LogP contribution in [0.3, 0.4) is 0 Å². The lowest BCUT2D eigenvalue weighted by molar-refractivity contribution is 0.265. The van der Waals surface area contributed by atoms with Crippen LogP contribution in [0.15, 0.2) is 17.6 Å². The molecule has 3 rings (SSSR count). The highest BCUT2D eigenvalue weighted by molar-refractivity contribution is 7.13. The van der Waals surface area contributed by atoms with Gasteiger partial charge in [0.15, 0.2) is 5.13 Å². The molecule has 0 unspecified atom stereocenters. The van der Waals surface area contributed by atoms with E-state index < -0.39 is 0 Å². The van der Waals surface area contributed by atoms with Gasteiger partial charge in [-0.3, -0.25) is 5.84 Å². The van der Waals surface area contributed by atoms with Crippen LogP contribution in [0.2, 0.25) is 0 Å². The second kappa shape index (κ2) is 5.70. The van der Waals surface area contributed by atoms with E-state index in [-0.39, 0.29) is 0 Å². The number of nitrogens with zero attached hydrogens (tertiary/aromatic N) is 5. The van der Waals surface area contributed by atoms with Crippen LogP contribution < -0.4 is 16.1 Å². The highest BCUT2D eigenvalue weighted by atomic mass is 32.1. The van der Waals surface area contributed by atoms with Gasteiger partial charge in [-0.05, 0) is 6.92 Å². The summed E-state index contributed by atoms with van der Waals surface area (Å²) in [6.45, 7) is 5.35. The molecule has 7 nitrogen and oxygen atoms in total. The standard InChI is InChI=1S/C12H17N7S/c1-9-15-10(17-12-14-2-7-20-12)8-11(16-9)18-3-5-19(13)6-4-18/h2,7-8H,3-6,13H2,1H3,(H,14,15,16,17). The molecule has 1 aliphatic heterocycles. The van der Waals surface area contributed by atoms with Crippen LogP contribution in [-0.4, -0.2) is 46.1 Å². The summed E-state index contributed by atoms with van der Waals surface area (Å²) in [5.41, 5.74) is 0. The molecule has 1 aliphatic rings. The number of hydrazine groups is 1. The molecular weight excluding hydrogens is 274 g/mol. The highest BCUT2D eigenvalue weighted by Crippen LogP contribution is 2.21. The molecule has 3 N–H and O–H groups in total. The zero-order chi connectivity index (χ0) is 13.9. The van der Waals surface area contributed by atoms with E-state index in [0.717, 1.165) is 48.8 Å². The lowest BCUT2D eigenvalue weighted by atomic mass is 10.3.